The topological polar surface area (TPSA) is 135 Å². The normalized spacial score (nSPS) is 12.8. The van der Waals surface area contributed by atoms with Crippen LogP contribution >= 0.6 is 0 Å². The summed E-state index contributed by atoms with van der Waals surface area (Å²) >= 11 is 0. The molecular weight excluding hydrogens is 354 g/mol. The van der Waals surface area contributed by atoms with Crippen molar-refractivity contribution in [2.45, 2.75) is 0 Å². The Hall–Kier alpha value is -4.06. The Kier molecular flexibility index (Phi) is 4.90. The van der Waals surface area contributed by atoms with Crippen molar-refractivity contribution in [2.75, 3.05) is 18.5 Å². The first kappa shape index (κ1) is 17.8. The smallest absolute Gasteiger partial charge is 0.296 e. The van der Waals surface area contributed by atoms with E-state index in [9.17, 15) is 25.3 Å². The number of nitro benzene ring substituents is 1. The number of hydrogen-bond acceptors (Lipinski definition) is 7. The summed E-state index contributed by atoms with van der Waals surface area (Å²) in [6.07, 6.45) is 1.26. The zero-order valence-corrected chi connectivity index (χ0v) is 13.8. The second-order valence-electron chi connectivity index (χ2n) is 5.49. The molecule has 136 valence electrons. The molecule has 1 aliphatic rings. The number of hydrogen-bond donors (Lipinski definition) is 2. The summed E-state index contributed by atoms with van der Waals surface area (Å²) in [6, 6.07) is 10.2. The lowest BCUT2D eigenvalue weighted by atomic mass is 10.1. The Bertz CT molecular complexity index is 993. The highest BCUT2D eigenvalue weighted by Gasteiger charge is 2.24. The van der Waals surface area contributed by atoms with Gasteiger partial charge in [-0.15, -0.1) is 0 Å². The first-order valence-electron chi connectivity index (χ1n) is 7.78. The van der Waals surface area contributed by atoms with E-state index in [2.05, 4.69) is 5.32 Å². The van der Waals surface area contributed by atoms with Gasteiger partial charge in [0, 0.05) is 6.07 Å². The zero-order valence-electron chi connectivity index (χ0n) is 13.8. The lowest BCUT2D eigenvalue weighted by Crippen LogP contribution is -2.18. The van der Waals surface area contributed by atoms with Gasteiger partial charge in [-0.1, -0.05) is 12.1 Å². The monoisotopic (exact) mass is 367 g/mol. The average molecular weight is 367 g/mol. The van der Waals surface area contributed by atoms with Crippen LogP contribution < -0.4 is 14.8 Å². The molecule has 1 aliphatic heterocycles. The Morgan fingerprint density at radius 3 is 2.59 bits per heavy atom. The number of anilines is 1. The maximum absolute atomic E-state index is 12.4. The van der Waals surface area contributed by atoms with E-state index in [4.69, 9.17) is 9.47 Å². The molecular formula is C18H13N3O6. The van der Waals surface area contributed by atoms with Crippen molar-refractivity contribution < 1.29 is 24.3 Å². The van der Waals surface area contributed by atoms with Crippen molar-refractivity contribution in [3.05, 3.63) is 57.6 Å². The number of rotatable bonds is 4. The Morgan fingerprint density at radius 1 is 1.26 bits per heavy atom. The first-order valence-corrected chi connectivity index (χ1v) is 7.78. The molecule has 0 radical (unpaired) electrons. The van der Waals surface area contributed by atoms with Gasteiger partial charge in [0.2, 0.25) is 0 Å². The van der Waals surface area contributed by atoms with E-state index in [0.717, 1.165) is 6.07 Å². The van der Waals surface area contributed by atoms with Gasteiger partial charge in [0.15, 0.2) is 11.5 Å². The highest BCUT2D eigenvalue weighted by atomic mass is 16.6. The lowest BCUT2D eigenvalue weighted by Gasteiger charge is -2.19. The number of nitrogens with zero attached hydrogens (tertiary/aromatic N) is 2. The van der Waals surface area contributed by atoms with Crippen LogP contribution in [-0.2, 0) is 4.79 Å². The van der Waals surface area contributed by atoms with Crippen LogP contribution in [0.1, 0.15) is 5.56 Å². The summed E-state index contributed by atoms with van der Waals surface area (Å²) in [6.45, 7) is 0.542. The molecule has 9 nitrogen and oxygen atoms in total. The van der Waals surface area contributed by atoms with Crippen molar-refractivity contribution in [2.24, 2.45) is 0 Å². The highest BCUT2D eigenvalue weighted by molar-refractivity contribution is 6.10. The number of carbonyl (C=O) groups excluding carboxylic acids is 1. The molecule has 0 saturated heterocycles. The van der Waals surface area contributed by atoms with Gasteiger partial charge in [-0.25, -0.2) is 0 Å². The number of carbonyl (C=O) groups is 1. The highest BCUT2D eigenvalue weighted by Crippen LogP contribution is 2.39. The molecule has 1 heterocycles. The number of nitro groups is 1. The van der Waals surface area contributed by atoms with Crippen molar-refractivity contribution in [3.63, 3.8) is 0 Å². The fraction of sp³-hybridized carbons (Fsp3) is 0.111. The molecule has 0 spiro atoms. The van der Waals surface area contributed by atoms with Crippen LogP contribution in [0.4, 0.5) is 11.4 Å². The van der Waals surface area contributed by atoms with Gasteiger partial charge in [-0.3, -0.25) is 14.9 Å². The summed E-state index contributed by atoms with van der Waals surface area (Å²) in [5.41, 5.74) is -0.364. The third kappa shape index (κ3) is 3.96. The second kappa shape index (κ2) is 7.45. The Morgan fingerprint density at radius 2 is 1.96 bits per heavy atom. The number of nitriles is 1. The number of aromatic hydroxyl groups is 1. The first-order chi connectivity index (χ1) is 13.0. The minimum atomic E-state index is -0.833. The third-order valence-electron chi connectivity index (χ3n) is 3.65. The van der Waals surface area contributed by atoms with Gasteiger partial charge in [-0.2, -0.15) is 5.26 Å². The van der Waals surface area contributed by atoms with Crippen LogP contribution in [0.25, 0.3) is 6.08 Å². The minimum Gasteiger partial charge on any atom is -0.508 e. The van der Waals surface area contributed by atoms with Crippen molar-refractivity contribution in [1.29, 1.82) is 5.26 Å². The van der Waals surface area contributed by atoms with E-state index in [1.807, 2.05) is 0 Å². The van der Waals surface area contributed by atoms with Crippen LogP contribution in [0, 0.1) is 21.4 Å². The molecule has 0 unspecified atom stereocenters. The summed E-state index contributed by atoms with van der Waals surface area (Å²) in [5.74, 6) is -0.385. The predicted molar refractivity (Wildman–Crippen MR) is 94.4 cm³/mol. The van der Waals surface area contributed by atoms with E-state index in [1.54, 1.807) is 18.2 Å². The molecule has 2 aromatic carbocycles. The SMILES string of the molecule is N#C/C(=C\c1cccc(O)c1)C(=O)Nc1cc2c(cc1[N+](=O)[O-])OCCO2. The van der Waals surface area contributed by atoms with Crippen molar-refractivity contribution in [3.8, 4) is 23.3 Å². The Balaban J connectivity index is 1.92. The number of fused-ring (bicyclic) bond motifs is 1. The van der Waals surface area contributed by atoms with Crippen LogP contribution in [0.5, 0.6) is 17.2 Å². The van der Waals surface area contributed by atoms with Crippen LogP contribution in [0.15, 0.2) is 42.0 Å². The van der Waals surface area contributed by atoms with Gasteiger partial charge >= 0.3 is 0 Å². The van der Waals surface area contributed by atoms with E-state index >= 15 is 0 Å². The maximum Gasteiger partial charge on any atom is 0.296 e. The quantitative estimate of drug-likeness (QED) is 0.367. The number of benzene rings is 2. The summed E-state index contributed by atoms with van der Waals surface area (Å²) in [5, 5.41) is 32.4. The minimum absolute atomic E-state index is 0.0241. The molecule has 0 aliphatic carbocycles. The number of amides is 1. The predicted octanol–water partition coefficient (Wildman–Crippen LogP) is 2.62. The van der Waals surface area contributed by atoms with Crippen molar-refractivity contribution >= 4 is 23.4 Å². The van der Waals surface area contributed by atoms with Gasteiger partial charge in [0.1, 0.15) is 36.3 Å². The van der Waals surface area contributed by atoms with E-state index < -0.39 is 10.8 Å². The lowest BCUT2D eigenvalue weighted by molar-refractivity contribution is -0.384. The van der Waals surface area contributed by atoms with Gasteiger partial charge in [0.05, 0.1) is 11.0 Å². The standard InChI is InChI=1S/C18H13N3O6/c19-10-12(6-11-2-1-3-13(22)7-11)18(23)20-14-8-16-17(27-5-4-26-16)9-15(14)21(24)25/h1-3,6-9,22H,4-5H2,(H,20,23)/b12-6+. The Labute approximate surface area is 153 Å². The molecule has 0 aromatic heterocycles. The molecule has 27 heavy (non-hydrogen) atoms. The average Bonchev–Trinajstić information content (AvgIpc) is 2.65. The fourth-order valence-electron chi connectivity index (χ4n) is 2.45. The summed E-state index contributed by atoms with van der Waals surface area (Å²) in [7, 11) is 0. The molecule has 0 fully saturated rings. The molecule has 2 aromatic rings. The van der Waals surface area contributed by atoms with Gasteiger partial charge in [-0.05, 0) is 23.8 Å². The molecule has 0 atom stereocenters. The maximum atomic E-state index is 12.4. The molecule has 3 rings (SSSR count). The molecule has 1 amide bonds. The number of ether oxygens (including phenoxy) is 2. The number of phenols is 1. The second-order valence-corrected chi connectivity index (χ2v) is 5.49. The van der Waals surface area contributed by atoms with E-state index in [1.165, 1.54) is 24.3 Å². The molecule has 9 heteroatoms. The van der Waals surface area contributed by atoms with E-state index in [-0.39, 0.29) is 47.4 Å². The molecule has 0 bridgehead atoms. The third-order valence-corrected chi connectivity index (χ3v) is 3.65. The summed E-state index contributed by atoms with van der Waals surface area (Å²) in [4.78, 5) is 23.1. The largest absolute Gasteiger partial charge is 0.508 e. The molecule has 0 saturated carbocycles. The molecule has 2 N–H and O–H groups in total. The van der Waals surface area contributed by atoms with Gasteiger partial charge < -0.3 is 19.9 Å². The zero-order chi connectivity index (χ0) is 19.4. The van der Waals surface area contributed by atoms with Crippen LogP contribution in [-0.4, -0.2) is 29.2 Å². The number of nitrogens with one attached hydrogen (secondary N) is 1. The number of phenolic OH excluding ortho intramolecular Hbond substituents is 1. The van der Waals surface area contributed by atoms with Crippen LogP contribution in [0.2, 0.25) is 0 Å². The van der Waals surface area contributed by atoms with Gasteiger partial charge in [0.25, 0.3) is 11.6 Å². The fourth-order valence-corrected chi connectivity index (χ4v) is 2.45. The van der Waals surface area contributed by atoms with Crippen LogP contribution in [0.3, 0.4) is 0 Å². The summed E-state index contributed by atoms with van der Waals surface area (Å²) < 4.78 is 10.7. The van der Waals surface area contributed by atoms with Crippen molar-refractivity contribution in [1.82, 2.24) is 0 Å². The van der Waals surface area contributed by atoms with E-state index in [0.29, 0.717) is 5.56 Å².